The van der Waals surface area contributed by atoms with Crippen LogP contribution in [0.25, 0.3) is 22.4 Å². The van der Waals surface area contributed by atoms with Crippen LogP contribution >= 0.6 is 0 Å². The van der Waals surface area contributed by atoms with Crippen molar-refractivity contribution in [2.45, 2.75) is 19.8 Å². The second-order valence-electron chi connectivity index (χ2n) is 6.18. The van der Waals surface area contributed by atoms with Crippen molar-refractivity contribution in [1.29, 1.82) is 0 Å². The fourth-order valence-corrected chi connectivity index (χ4v) is 2.84. The molecule has 1 N–H and O–H groups in total. The molecule has 0 radical (unpaired) electrons. The summed E-state index contributed by atoms with van der Waals surface area (Å²) in [5.74, 6) is -0.980. The average Bonchev–Trinajstić information content (AvgIpc) is 3.25. The molecule has 8 heteroatoms. The minimum Gasteiger partial charge on any atom is -0.441 e. The summed E-state index contributed by atoms with van der Waals surface area (Å²) in [6.45, 7) is 1.75. The zero-order valence-electron chi connectivity index (χ0n) is 14.8. The number of nitrogens with one attached hydrogen (secondary N) is 1. The number of carbonyl (C=O) groups excluding carboxylic acids is 1. The number of hydrogen-bond donors (Lipinski definition) is 1. The van der Waals surface area contributed by atoms with Gasteiger partial charge in [0.1, 0.15) is 17.2 Å². The number of fused-ring (bicyclic) bond motifs is 1. The molecule has 0 bridgehead atoms. The van der Waals surface area contributed by atoms with Gasteiger partial charge in [-0.2, -0.15) is 0 Å². The van der Waals surface area contributed by atoms with Crippen LogP contribution in [-0.4, -0.2) is 15.9 Å². The first-order valence-corrected chi connectivity index (χ1v) is 8.56. The number of amides is 1. The molecule has 0 atom stereocenters. The number of benzene rings is 2. The van der Waals surface area contributed by atoms with Gasteiger partial charge < -0.3 is 14.2 Å². The monoisotopic (exact) mass is 383 g/mol. The number of hydrogen-bond acceptors (Lipinski definition) is 5. The lowest BCUT2D eigenvalue weighted by atomic mass is 10.1. The number of rotatable bonds is 5. The Morgan fingerprint density at radius 2 is 1.93 bits per heavy atom. The molecule has 4 rings (SSSR count). The maximum Gasteiger partial charge on any atom is 0.224 e. The molecule has 6 nitrogen and oxygen atoms in total. The van der Waals surface area contributed by atoms with Crippen LogP contribution in [0.15, 0.2) is 51.4 Å². The van der Waals surface area contributed by atoms with E-state index >= 15 is 0 Å². The van der Waals surface area contributed by atoms with E-state index in [1.807, 2.05) is 0 Å². The van der Waals surface area contributed by atoms with Crippen LogP contribution in [0.3, 0.4) is 0 Å². The molecule has 2 aromatic heterocycles. The highest BCUT2D eigenvalue weighted by Gasteiger charge is 2.16. The summed E-state index contributed by atoms with van der Waals surface area (Å²) in [6, 6.07) is 8.72. The van der Waals surface area contributed by atoms with Crippen molar-refractivity contribution < 1.29 is 22.4 Å². The summed E-state index contributed by atoms with van der Waals surface area (Å²) in [4.78, 5) is 20.4. The fraction of sp³-hybridized carbons (Fsp3) is 0.150. The lowest BCUT2D eigenvalue weighted by molar-refractivity contribution is -0.116. The maximum absolute atomic E-state index is 13.8. The van der Waals surface area contributed by atoms with Gasteiger partial charge >= 0.3 is 0 Å². The van der Waals surface area contributed by atoms with Crippen LogP contribution in [0.4, 0.5) is 14.5 Å². The van der Waals surface area contributed by atoms with E-state index in [2.05, 4.69) is 15.3 Å². The van der Waals surface area contributed by atoms with E-state index in [9.17, 15) is 13.6 Å². The Morgan fingerprint density at radius 1 is 1.14 bits per heavy atom. The summed E-state index contributed by atoms with van der Waals surface area (Å²) < 4.78 is 38.4. The van der Waals surface area contributed by atoms with Crippen molar-refractivity contribution in [2.75, 3.05) is 5.32 Å². The van der Waals surface area contributed by atoms with Crippen LogP contribution in [-0.2, 0) is 11.2 Å². The first-order chi connectivity index (χ1) is 13.5. The number of halogens is 2. The van der Waals surface area contributed by atoms with E-state index in [1.165, 1.54) is 12.3 Å². The van der Waals surface area contributed by atoms with E-state index in [1.54, 1.807) is 25.1 Å². The van der Waals surface area contributed by atoms with Crippen LogP contribution in [0.1, 0.15) is 18.2 Å². The first kappa shape index (κ1) is 17.8. The SMILES string of the molecule is Cc1nc2cc(NC(=O)CCc3ncc(-c4c(F)cccc4F)o3)ccc2o1. The van der Waals surface area contributed by atoms with E-state index < -0.39 is 11.6 Å². The van der Waals surface area contributed by atoms with Gasteiger partial charge in [0.15, 0.2) is 23.1 Å². The number of nitrogens with zero attached hydrogens (tertiary/aromatic N) is 2. The smallest absolute Gasteiger partial charge is 0.224 e. The zero-order valence-corrected chi connectivity index (χ0v) is 14.8. The largest absolute Gasteiger partial charge is 0.441 e. The predicted molar refractivity (Wildman–Crippen MR) is 97.6 cm³/mol. The van der Waals surface area contributed by atoms with Gasteiger partial charge in [-0.3, -0.25) is 4.79 Å². The van der Waals surface area contributed by atoms with Crippen LogP contribution in [0.5, 0.6) is 0 Å². The summed E-state index contributed by atoms with van der Waals surface area (Å²) in [7, 11) is 0. The third kappa shape index (κ3) is 3.62. The molecule has 1 amide bonds. The highest BCUT2D eigenvalue weighted by Crippen LogP contribution is 2.27. The lowest BCUT2D eigenvalue weighted by Gasteiger charge is -2.04. The Kier molecular flexibility index (Phi) is 4.60. The van der Waals surface area contributed by atoms with E-state index in [4.69, 9.17) is 8.83 Å². The molecule has 142 valence electrons. The molecule has 28 heavy (non-hydrogen) atoms. The van der Waals surface area contributed by atoms with Gasteiger partial charge in [-0.15, -0.1) is 0 Å². The number of aromatic nitrogens is 2. The highest BCUT2D eigenvalue weighted by atomic mass is 19.1. The second kappa shape index (κ2) is 7.22. The van der Waals surface area contributed by atoms with Crippen molar-refractivity contribution in [3.05, 3.63) is 66.0 Å². The molecule has 2 heterocycles. The van der Waals surface area contributed by atoms with Gasteiger partial charge in [0, 0.05) is 25.5 Å². The van der Waals surface area contributed by atoms with Crippen LogP contribution in [0, 0.1) is 18.6 Å². The number of carbonyl (C=O) groups is 1. The summed E-state index contributed by atoms with van der Waals surface area (Å²) in [6.07, 6.45) is 1.53. The summed E-state index contributed by atoms with van der Waals surface area (Å²) in [5.41, 5.74) is 1.61. The van der Waals surface area contributed by atoms with Crippen LogP contribution in [0.2, 0.25) is 0 Å². The van der Waals surface area contributed by atoms with E-state index in [-0.39, 0.29) is 36.0 Å². The lowest BCUT2D eigenvalue weighted by Crippen LogP contribution is -2.12. The zero-order chi connectivity index (χ0) is 19.7. The topological polar surface area (TPSA) is 81.2 Å². The Hall–Kier alpha value is -3.55. The van der Waals surface area contributed by atoms with Crippen molar-refractivity contribution in [2.24, 2.45) is 0 Å². The third-order valence-electron chi connectivity index (χ3n) is 4.11. The van der Waals surface area contributed by atoms with Crippen molar-refractivity contribution in [3.8, 4) is 11.3 Å². The minimum atomic E-state index is -0.737. The quantitative estimate of drug-likeness (QED) is 0.543. The average molecular weight is 383 g/mol. The Labute approximate surface area is 158 Å². The van der Waals surface area contributed by atoms with E-state index in [0.29, 0.717) is 22.7 Å². The molecular weight excluding hydrogens is 368 g/mol. The molecule has 0 aliphatic carbocycles. The van der Waals surface area contributed by atoms with Crippen molar-refractivity contribution >= 4 is 22.7 Å². The summed E-state index contributed by atoms with van der Waals surface area (Å²) in [5, 5.41) is 2.76. The molecule has 0 fully saturated rings. The molecule has 0 aliphatic rings. The molecule has 4 aromatic rings. The van der Waals surface area contributed by atoms with Gasteiger partial charge in [-0.25, -0.2) is 18.7 Å². The number of anilines is 1. The Balaban J connectivity index is 1.40. The highest BCUT2D eigenvalue weighted by molar-refractivity contribution is 5.92. The van der Waals surface area contributed by atoms with Gasteiger partial charge in [0.05, 0.1) is 11.8 Å². The molecule has 0 spiro atoms. The maximum atomic E-state index is 13.8. The molecule has 0 aliphatic heterocycles. The Bertz CT molecular complexity index is 1150. The van der Waals surface area contributed by atoms with Crippen LogP contribution < -0.4 is 5.32 Å². The molecule has 0 saturated heterocycles. The predicted octanol–water partition coefficient (Wildman–Crippen LogP) is 4.64. The fourth-order valence-electron chi connectivity index (χ4n) is 2.84. The normalized spacial score (nSPS) is 11.1. The molecular formula is C20H15F2N3O3. The van der Waals surface area contributed by atoms with Crippen molar-refractivity contribution in [1.82, 2.24) is 9.97 Å². The van der Waals surface area contributed by atoms with Gasteiger partial charge in [0.2, 0.25) is 5.91 Å². The minimum absolute atomic E-state index is 0.0159. The first-order valence-electron chi connectivity index (χ1n) is 8.56. The molecule has 2 aromatic carbocycles. The standard InChI is InChI=1S/C20H15F2N3O3/c1-11-24-15-9-12(5-6-16(15)27-11)25-18(26)7-8-19-23-10-17(28-19)20-13(21)3-2-4-14(20)22/h2-6,9-10H,7-8H2,1H3,(H,25,26). The summed E-state index contributed by atoms with van der Waals surface area (Å²) >= 11 is 0. The van der Waals surface area contributed by atoms with Gasteiger partial charge in [-0.1, -0.05) is 6.07 Å². The molecule has 0 saturated carbocycles. The third-order valence-corrected chi connectivity index (χ3v) is 4.11. The Morgan fingerprint density at radius 3 is 2.71 bits per heavy atom. The number of aryl methyl sites for hydroxylation is 2. The molecule has 0 unspecified atom stereocenters. The number of oxazole rings is 2. The second-order valence-corrected chi connectivity index (χ2v) is 6.18. The van der Waals surface area contributed by atoms with Crippen molar-refractivity contribution in [3.63, 3.8) is 0 Å². The van der Waals surface area contributed by atoms with E-state index in [0.717, 1.165) is 12.1 Å². The van der Waals surface area contributed by atoms with Gasteiger partial charge in [-0.05, 0) is 30.3 Å². The van der Waals surface area contributed by atoms with Gasteiger partial charge in [0.25, 0.3) is 0 Å².